The van der Waals surface area contributed by atoms with Crippen LogP contribution in [0.4, 0.5) is 0 Å². The molecule has 0 spiro atoms. The van der Waals surface area contributed by atoms with E-state index in [9.17, 15) is 9.59 Å². The molecule has 2 N–H and O–H groups in total. The molecule has 0 unspecified atom stereocenters. The van der Waals surface area contributed by atoms with Crippen LogP contribution in [0.3, 0.4) is 0 Å². The summed E-state index contributed by atoms with van der Waals surface area (Å²) in [4.78, 5) is 22.1. The van der Waals surface area contributed by atoms with Gasteiger partial charge in [-0.15, -0.1) is 0 Å². The summed E-state index contributed by atoms with van der Waals surface area (Å²) in [7, 11) is 0. The predicted molar refractivity (Wildman–Crippen MR) is 91.7 cm³/mol. The first-order chi connectivity index (χ1) is 11.4. The second-order valence-corrected chi connectivity index (χ2v) is 5.46. The number of hydrogen-bond donors (Lipinski definition) is 2. The third-order valence-electron chi connectivity index (χ3n) is 3.05. The molecule has 0 radical (unpaired) electrons. The summed E-state index contributed by atoms with van der Waals surface area (Å²) in [5.74, 6) is -0.988. The van der Waals surface area contributed by atoms with E-state index in [1.54, 1.807) is 36.4 Å². The second kappa shape index (κ2) is 8.17. The maximum Gasteiger partial charge on any atom is 0.352 e. The normalized spacial score (nSPS) is 11.0. The average molecular weight is 346 g/mol. The first-order valence-electron chi connectivity index (χ1n) is 7.14. The van der Waals surface area contributed by atoms with Gasteiger partial charge in [0, 0.05) is 11.9 Å². The standard InChI is InChI=1S/C18H16ClNO4/c1-12(21)20-17(18(22)23)10-13-4-8-16(9-5-13)24-11-14-2-6-15(19)7-3-14/h2-10H,11H2,1H3,(H,20,21)(H,22,23). The van der Waals surface area contributed by atoms with Gasteiger partial charge in [0.15, 0.2) is 0 Å². The minimum absolute atomic E-state index is 0.183. The molecule has 0 aliphatic heterocycles. The Balaban J connectivity index is 2.02. The summed E-state index contributed by atoms with van der Waals surface area (Å²) in [6.07, 6.45) is 1.38. The van der Waals surface area contributed by atoms with Crippen molar-refractivity contribution in [3.05, 3.63) is 70.4 Å². The van der Waals surface area contributed by atoms with E-state index in [2.05, 4.69) is 5.32 Å². The van der Waals surface area contributed by atoms with Crippen molar-refractivity contribution in [1.82, 2.24) is 5.32 Å². The van der Waals surface area contributed by atoms with Crippen LogP contribution < -0.4 is 10.1 Å². The van der Waals surface area contributed by atoms with Crippen molar-refractivity contribution < 1.29 is 19.4 Å². The fraction of sp³-hybridized carbons (Fsp3) is 0.111. The van der Waals surface area contributed by atoms with E-state index < -0.39 is 11.9 Å². The van der Waals surface area contributed by atoms with Gasteiger partial charge in [-0.05, 0) is 41.5 Å². The molecular weight excluding hydrogens is 330 g/mol. The Kier molecular flexibility index (Phi) is 5.98. The molecule has 2 aromatic rings. The molecule has 0 aliphatic rings. The van der Waals surface area contributed by atoms with Gasteiger partial charge in [0.2, 0.25) is 5.91 Å². The highest BCUT2D eigenvalue weighted by molar-refractivity contribution is 6.30. The van der Waals surface area contributed by atoms with Crippen LogP contribution in [0.1, 0.15) is 18.1 Å². The van der Waals surface area contributed by atoms with Crippen LogP contribution in [0.5, 0.6) is 5.75 Å². The van der Waals surface area contributed by atoms with Crippen molar-refractivity contribution in [2.45, 2.75) is 13.5 Å². The van der Waals surface area contributed by atoms with E-state index in [1.165, 1.54) is 13.0 Å². The summed E-state index contributed by atoms with van der Waals surface area (Å²) in [5, 5.41) is 12.0. The Morgan fingerprint density at radius 3 is 2.29 bits per heavy atom. The van der Waals surface area contributed by atoms with Gasteiger partial charge >= 0.3 is 5.97 Å². The van der Waals surface area contributed by atoms with Crippen LogP contribution in [0.2, 0.25) is 5.02 Å². The largest absolute Gasteiger partial charge is 0.489 e. The number of nitrogens with one attached hydrogen (secondary N) is 1. The Labute approximate surface area is 144 Å². The maximum atomic E-state index is 11.1. The zero-order chi connectivity index (χ0) is 17.5. The van der Waals surface area contributed by atoms with Crippen molar-refractivity contribution in [1.29, 1.82) is 0 Å². The summed E-state index contributed by atoms with van der Waals surface area (Å²) in [5.41, 5.74) is 1.44. The highest BCUT2D eigenvalue weighted by atomic mass is 35.5. The Morgan fingerprint density at radius 2 is 1.75 bits per heavy atom. The van der Waals surface area contributed by atoms with E-state index >= 15 is 0 Å². The van der Waals surface area contributed by atoms with Crippen molar-refractivity contribution in [2.24, 2.45) is 0 Å². The SMILES string of the molecule is CC(=O)NC(=Cc1ccc(OCc2ccc(Cl)cc2)cc1)C(=O)O. The molecule has 0 aromatic heterocycles. The van der Waals surface area contributed by atoms with Crippen LogP contribution in [-0.2, 0) is 16.2 Å². The first kappa shape index (κ1) is 17.6. The Hall–Kier alpha value is -2.79. The Bertz CT molecular complexity index is 752. The molecule has 0 saturated heterocycles. The lowest BCUT2D eigenvalue weighted by atomic mass is 10.2. The number of amides is 1. The molecule has 0 aliphatic carbocycles. The van der Waals surface area contributed by atoms with Gasteiger partial charge in [-0.3, -0.25) is 4.79 Å². The number of carbonyl (C=O) groups is 2. The van der Waals surface area contributed by atoms with E-state index in [1.807, 2.05) is 12.1 Å². The molecule has 24 heavy (non-hydrogen) atoms. The fourth-order valence-corrected chi connectivity index (χ4v) is 2.04. The first-order valence-corrected chi connectivity index (χ1v) is 7.52. The summed E-state index contributed by atoms with van der Waals surface area (Å²) >= 11 is 5.83. The second-order valence-electron chi connectivity index (χ2n) is 5.03. The highest BCUT2D eigenvalue weighted by Crippen LogP contribution is 2.17. The number of carboxylic acid groups (broad SMARTS) is 1. The van der Waals surface area contributed by atoms with Crippen molar-refractivity contribution in [3.8, 4) is 5.75 Å². The van der Waals surface area contributed by atoms with Gasteiger partial charge in [-0.2, -0.15) is 0 Å². The number of carboxylic acids is 1. The van der Waals surface area contributed by atoms with Crippen LogP contribution in [0, 0.1) is 0 Å². The van der Waals surface area contributed by atoms with E-state index in [0.717, 1.165) is 5.56 Å². The average Bonchev–Trinajstić information content (AvgIpc) is 2.54. The van der Waals surface area contributed by atoms with Gasteiger partial charge in [0.1, 0.15) is 18.1 Å². The highest BCUT2D eigenvalue weighted by Gasteiger charge is 2.08. The zero-order valence-corrected chi connectivity index (χ0v) is 13.7. The van der Waals surface area contributed by atoms with Crippen LogP contribution in [-0.4, -0.2) is 17.0 Å². The van der Waals surface area contributed by atoms with Crippen LogP contribution >= 0.6 is 11.6 Å². The zero-order valence-electron chi connectivity index (χ0n) is 13.0. The predicted octanol–water partition coefficient (Wildman–Crippen LogP) is 3.48. The summed E-state index contributed by atoms with van der Waals surface area (Å²) in [6.45, 7) is 1.66. The lowest BCUT2D eigenvalue weighted by Gasteiger charge is -2.07. The summed E-state index contributed by atoms with van der Waals surface area (Å²) < 4.78 is 5.65. The molecule has 0 atom stereocenters. The molecule has 2 aromatic carbocycles. The molecule has 2 rings (SSSR count). The molecule has 0 heterocycles. The van der Waals surface area contributed by atoms with Crippen molar-refractivity contribution in [2.75, 3.05) is 0 Å². The Morgan fingerprint density at radius 1 is 1.12 bits per heavy atom. The van der Waals surface area contributed by atoms with Crippen molar-refractivity contribution >= 4 is 29.6 Å². The molecule has 6 heteroatoms. The van der Waals surface area contributed by atoms with Gasteiger partial charge in [-0.1, -0.05) is 35.9 Å². The molecule has 1 amide bonds. The van der Waals surface area contributed by atoms with Gasteiger partial charge in [-0.25, -0.2) is 4.79 Å². The molecule has 5 nitrogen and oxygen atoms in total. The number of carbonyl (C=O) groups excluding carboxylic acids is 1. The lowest BCUT2D eigenvalue weighted by Crippen LogP contribution is -2.24. The number of benzene rings is 2. The number of rotatable bonds is 6. The van der Waals surface area contributed by atoms with Crippen LogP contribution in [0.15, 0.2) is 54.2 Å². The molecule has 124 valence electrons. The van der Waals surface area contributed by atoms with E-state index in [-0.39, 0.29) is 5.70 Å². The van der Waals surface area contributed by atoms with Gasteiger partial charge in [0.05, 0.1) is 0 Å². The molecule has 0 saturated carbocycles. The van der Waals surface area contributed by atoms with E-state index in [0.29, 0.717) is 22.9 Å². The van der Waals surface area contributed by atoms with Crippen LogP contribution in [0.25, 0.3) is 6.08 Å². The lowest BCUT2D eigenvalue weighted by molar-refractivity contribution is -0.134. The maximum absolute atomic E-state index is 11.1. The number of halogens is 1. The number of hydrogen-bond acceptors (Lipinski definition) is 3. The van der Waals surface area contributed by atoms with Crippen molar-refractivity contribution in [3.63, 3.8) is 0 Å². The number of aliphatic carboxylic acids is 1. The third-order valence-corrected chi connectivity index (χ3v) is 3.30. The van der Waals surface area contributed by atoms with Gasteiger partial charge < -0.3 is 15.2 Å². The minimum Gasteiger partial charge on any atom is -0.489 e. The molecule has 0 bridgehead atoms. The van der Waals surface area contributed by atoms with E-state index in [4.69, 9.17) is 21.4 Å². The smallest absolute Gasteiger partial charge is 0.352 e. The third kappa shape index (κ3) is 5.44. The summed E-state index contributed by atoms with van der Waals surface area (Å²) in [6, 6.07) is 14.2. The molecular formula is C18H16ClNO4. The number of ether oxygens (including phenoxy) is 1. The fourth-order valence-electron chi connectivity index (χ4n) is 1.92. The molecule has 0 fully saturated rings. The quantitative estimate of drug-likeness (QED) is 0.786. The topological polar surface area (TPSA) is 75.6 Å². The monoisotopic (exact) mass is 345 g/mol. The van der Waals surface area contributed by atoms with Gasteiger partial charge in [0.25, 0.3) is 0 Å². The minimum atomic E-state index is -1.20.